The molecular weight excluding hydrogens is 286 g/mol. The summed E-state index contributed by atoms with van der Waals surface area (Å²) < 4.78 is 4.68. The third-order valence-electron chi connectivity index (χ3n) is 3.90. The summed E-state index contributed by atoms with van der Waals surface area (Å²) in [5.41, 5.74) is 1.81. The largest absolute Gasteiger partial charge is 0.481 e. The predicted octanol–water partition coefficient (Wildman–Crippen LogP) is 1.53. The zero-order valence-electron chi connectivity index (χ0n) is 12.6. The fraction of sp³-hybridized carbons (Fsp3) is 0.438. The lowest BCUT2D eigenvalue weighted by Crippen LogP contribution is -2.32. The predicted molar refractivity (Wildman–Crippen MR) is 78.0 cm³/mol. The number of nitrogens with zero attached hydrogens (tertiary/aromatic N) is 1. The van der Waals surface area contributed by atoms with Crippen molar-refractivity contribution in [3.8, 4) is 0 Å². The molecule has 0 spiro atoms. The Kier molecular flexibility index (Phi) is 4.80. The smallest absolute Gasteiger partial charge is 0.310 e. The quantitative estimate of drug-likeness (QED) is 0.834. The topological polar surface area (TPSA) is 83.9 Å². The summed E-state index contributed by atoms with van der Waals surface area (Å²) in [5, 5.41) is 9.14. The zero-order chi connectivity index (χ0) is 16.3. The minimum Gasteiger partial charge on any atom is -0.481 e. The molecule has 1 aromatic carbocycles. The van der Waals surface area contributed by atoms with Crippen LogP contribution in [0.25, 0.3) is 0 Å². The Labute approximate surface area is 128 Å². The van der Waals surface area contributed by atoms with Crippen molar-refractivity contribution >= 4 is 17.8 Å². The Hall–Kier alpha value is -2.37. The van der Waals surface area contributed by atoms with Gasteiger partial charge in [-0.1, -0.05) is 29.8 Å². The molecule has 118 valence electrons. The van der Waals surface area contributed by atoms with E-state index in [1.807, 2.05) is 31.2 Å². The first kappa shape index (κ1) is 16.0. The number of amides is 1. The van der Waals surface area contributed by atoms with E-state index in [0.717, 1.165) is 11.1 Å². The number of likely N-dealkylation sites (tertiary alicyclic amines) is 1. The van der Waals surface area contributed by atoms with Gasteiger partial charge in [0, 0.05) is 13.0 Å². The Morgan fingerprint density at radius 2 is 2.00 bits per heavy atom. The van der Waals surface area contributed by atoms with Gasteiger partial charge in [-0.25, -0.2) is 0 Å². The van der Waals surface area contributed by atoms with Gasteiger partial charge >= 0.3 is 11.9 Å². The fourth-order valence-electron chi connectivity index (χ4n) is 2.72. The van der Waals surface area contributed by atoms with Gasteiger partial charge in [0.25, 0.3) is 0 Å². The van der Waals surface area contributed by atoms with Crippen molar-refractivity contribution in [3.05, 3.63) is 35.4 Å². The molecule has 2 atom stereocenters. The Balaban J connectivity index is 2.26. The van der Waals surface area contributed by atoms with Crippen LogP contribution in [0.1, 0.15) is 30.0 Å². The van der Waals surface area contributed by atoms with Gasteiger partial charge in [0.05, 0.1) is 25.5 Å². The SMILES string of the molecule is COC(=O)C1CC(=O)N(C(CC(=O)O)c2ccc(C)cc2)C1. The van der Waals surface area contributed by atoms with Crippen molar-refractivity contribution < 1.29 is 24.2 Å². The highest BCUT2D eigenvalue weighted by Gasteiger charge is 2.39. The van der Waals surface area contributed by atoms with Gasteiger partial charge in [0.2, 0.25) is 5.91 Å². The van der Waals surface area contributed by atoms with Crippen molar-refractivity contribution in [2.75, 3.05) is 13.7 Å². The molecule has 1 heterocycles. The number of aliphatic carboxylic acids is 1. The molecule has 1 saturated heterocycles. The van der Waals surface area contributed by atoms with Crippen LogP contribution >= 0.6 is 0 Å². The van der Waals surface area contributed by atoms with Gasteiger partial charge in [-0.2, -0.15) is 0 Å². The van der Waals surface area contributed by atoms with E-state index >= 15 is 0 Å². The second-order valence-corrected chi connectivity index (χ2v) is 5.49. The molecule has 2 unspecified atom stereocenters. The van der Waals surface area contributed by atoms with E-state index in [9.17, 15) is 14.4 Å². The minimum atomic E-state index is -0.986. The maximum atomic E-state index is 12.2. The lowest BCUT2D eigenvalue weighted by molar-refractivity contribution is -0.145. The number of esters is 1. The number of carbonyl (C=O) groups excluding carboxylic acids is 2. The number of hydrogen-bond acceptors (Lipinski definition) is 4. The first-order valence-electron chi connectivity index (χ1n) is 7.08. The Morgan fingerprint density at radius 3 is 2.55 bits per heavy atom. The van der Waals surface area contributed by atoms with Crippen molar-refractivity contribution in [1.82, 2.24) is 4.90 Å². The molecule has 1 fully saturated rings. The standard InChI is InChI=1S/C16H19NO5/c1-10-3-5-11(6-4-10)13(8-15(19)20)17-9-12(7-14(17)18)16(21)22-2/h3-6,12-13H,7-9H2,1-2H3,(H,19,20). The molecule has 22 heavy (non-hydrogen) atoms. The Bertz CT molecular complexity index is 581. The number of aryl methyl sites for hydroxylation is 1. The number of carboxylic acids is 1. The van der Waals surface area contributed by atoms with Crippen molar-refractivity contribution in [2.24, 2.45) is 5.92 Å². The third kappa shape index (κ3) is 3.44. The van der Waals surface area contributed by atoms with E-state index < -0.39 is 23.9 Å². The first-order valence-corrected chi connectivity index (χ1v) is 7.08. The van der Waals surface area contributed by atoms with Gasteiger partial charge in [0.1, 0.15) is 0 Å². The summed E-state index contributed by atoms with van der Waals surface area (Å²) in [6, 6.07) is 6.83. The highest BCUT2D eigenvalue weighted by atomic mass is 16.5. The molecule has 1 amide bonds. The summed E-state index contributed by atoms with van der Waals surface area (Å²) in [6.45, 7) is 2.13. The molecule has 6 nitrogen and oxygen atoms in total. The van der Waals surface area contributed by atoms with Crippen molar-refractivity contribution in [1.29, 1.82) is 0 Å². The van der Waals surface area contributed by atoms with Gasteiger partial charge < -0.3 is 14.7 Å². The minimum absolute atomic E-state index is 0.0641. The normalized spacial score (nSPS) is 19.1. The van der Waals surface area contributed by atoms with Crippen LogP contribution in [0, 0.1) is 12.8 Å². The van der Waals surface area contributed by atoms with E-state index in [-0.39, 0.29) is 25.3 Å². The lowest BCUT2D eigenvalue weighted by Gasteiger charge is -2.27. The van der Waals surface area contributed by atoms with E-state index in [1.165, 1.54) is 12.0 Å². The van der Waals surface area contributed by atoms with Crippen molar-refractivity contribution in [2.45, 2.75) is 25.8 Å². The summed E-state index contributed by atoms with van der Waals surface area (Å²) in [4.78, 5) is 36.4. The van der Waals surface area contributed by atoms with Crippen LogP contribution in [0.2, 0.25) is 0 Å². The molecule has 6 heteroatoms. The average molecular weight is 305 g/mol. The number of benzene rings is 1. The monoisotopic (exact) mass is 305 g/mol. The maximum absolute atomic E-state index is 12.2. The van der Waals surface area contributed by atoms with E-state index in [1.54, 1.807) is 0 Å². The number of rotatable bonds is 5. The molecule has 1 aliphatic rings. The van der Waals surface area contributed by atoms with E-state index in [4.69, 9.17) is 5.11 Å². The molecule has 0 radical (unpaired) electrons. The van der Waals surface area contributed by atoms with Gasteiger partial charge in [-0.15, -0.1) is 0 Å². The van der Waals surface area contributed by atoms with Crippen LogP contribution < -0.4 is 0 Å². The average Bonchev–Trinajstić information content (AvgIpc) is 2.86. The van der Waals surface area contributed by atoms with Gasteiger partial charge in [-0.3, -0.25) is 14.4 Å². The lowest BCUT2D eigenvalue weighted by atomic mass is 10.0. The van der Waals surface area contributed by atoms with Crippen LogP contribution in [0.4, 0.5) is 0 Å². The van der Waals surface area contributed by atoms with Crippen LogP contribution in [0.3, 0.4) is 0 Å². The molecule has 0 bridgehead atoms. The van der Waals surface area contributed by atoms with Gasteiger partial charge in [-0.05, 0) is 12.5 Å². The molecule has 1 N–H and O–H groups in total. The van der Waals surface area contributed by atoms with Crippen LogP contribution in [0.15, 0.2) is 24.3 Å². The maximum Gasteiger partial charge on any atom is 0.310 e. The number of hydrogen-bond donors (Lipinski definition) is 1. The van der Waals surface area contributed by atoms with E-state index in [2.05, 4.69) is 4.74 Å². The summed E-state index contributed by atoms with van der Waals surface area (Å²) in [6.07, 6.45) is -0.128. The molecule has 0 aromatic heterocycles. The Morgan fingerprint density at radius 1 is 1.36 bits per heavy atom. The van der Waals surface area contributed by atoms with Crippen LogP contribution in [0.5, 0.6) is 0 Å². The molecule has 0 saturated carbocycles. The third-order valence-corrected chi connectivity index (χ3v) is 3.90. The number of carbonyl (C=O) groups is 3. The summed E-state index contributed by atoms with van der Waals surface area (Å²) >= 11 is 0. The highest BCUT2D eigenvalue weighted by molar-refractivity contribution is 5.87. The molecule has 1 aromatic rings. The first-order chi connectivity index (χ1) is 10.4. The fourth-order valence-corrected chi connectivity index (χ4v) is 2.72. The second kappa shape index (κ2) is 6.60. The van der Waals surface area contributed by atoms with Gasteiger partial charge in [0.15, 0.2) is 0 Å². The zero-order valence-corrected chi connectivity index (χ0v) is 12.6. The number of carboxylic acid groups (broad SMARTS) is 1. The van der Waals surface area contributed by atoms with Crippen LogP contribution in [-0.2, 0) is 19.1 Å². The second-order valence-electron chi connectivity index (χ2n) is 5.49. The van der Waals surface area contributed by atoms with Crippen molar-refractivity contribution in [3.63, 3.8) is 0 Å². The summed E-state index contributed by atoms with van der Waals surface area (Å²) in [5.74, 6) is -2.17. The molecular formula is C16H19NO5. The number of ether oxygens (including phenoxy) is 1. The number of methoxy groups -OCH3 is 1. The molecule has 1 aliphatic heterocycles. The van der Waals surface area contributed by atoms with E-state index in [0.29, 0.717) is 0 Å². The molecule has 0 aliphatic carbocycles. The highest BCUT2D eigenvalue weighted by Crippen LogP contribution is 2.31. The van der Waals surface area contributed by atoms with Crippen LogP contribution in [-0.4, -0.2) is 41.5 Å². The summed E-state index contributed by atoms with van der Waals surface area (Å²) in [7, 11) is 1.28. The molecule has 2 rings (SSSR count).